The van der Waals surface area contributed by atoms with Crippen molar-refractivity contribution in [1.29, 1.82) is 0 Å². The smallest absolute Gasteiger partial charge is 0.0737 e. The van der Waals surface area contributed by atoms with Gasteiger partial charge >= 0.3 is 0 Å². The third-order valence-corrected chi connectivity index (χ3v) is 7.34. The first kappa shape index (κ1) is 24.5. The number of benzene rings is 2. The fraction of sp³-hybridized carbons (Fsp3) is 0.333. The van der Waals surface area contributed by atoms with Crippen molar-refractivity contribution in [2.75, 3.05) is 38.0 Å². The highest BCUT2D eigenvalue weighted by molar-refractivity contribution is 6.31. The van der Waals surface area contributed by atoms with Gasteiger partial charge in [-0.15, -0.1) is 0 Å². The van der Waals surface area contributed by atoms with E-state index in [0.717, 1.165) is 42.6 Å². The zero-order valence-corrected chi connectivity index (χ0v) is 21.0. The molecule has 2 aromatic carbocycles. The van der Waals surface area contributed by atoms with Crippen LogP contribution in [0.25, 0.3) is 10.9 Å². The molecular weight excluding hydrogens is 452 g/mol. The highest BCUT2D eigenvalue weighted by Crippen LogP contribution is 2.34. The quantitative estimate of drug-likeness (QED) is 0.354. The van der Waals surface area contributed by atoms with Crippen LogP contribution in [0.2, 0.25) is 5.02 Å². The molecule has 35 heavy (non-hydrogen) atoms. The second-order valence-electron chi connectivity index (χ2n) is 9.48. The predicted molar refractivity (Wildman–Crippen MR) is 147 cm³/mol. The summed E-state index contributed by atoms with van der Waals surface area (Å²) < 4.78 is 0. The van der Waals surface area contributed by atoms with Gasteiger partial charge in [0.25, 0.3) is 0 Å². The molecule has 4 nitrogen and oxygen atoms in total. The lowest BCUT2D eigenvalue weighted by atomic mass is 9.94. The minimum Gasteiger partial charge on any atom is -0.384 e. The maximum absolute atomic E-state index is 6.15. The molecule has 1 unspecified atom stereocenters. The Labute approximate surface area is 215 Å². The van der Waals surface area contributed by atoms with Crippen molar-refractivity contribution in [3.63, 3.8) is 0 Å². The van der Waals surface area contributed by atoms with Gasteiger partial charge in [-0.3, -0.25) is 4.98 Å². The zero-order chi connectivity index (χ0) is 23.9. The van der Waals surface area contributed by atoms with E-state index in [2.05, 4.69) is 70.1 Å². The number of likely N-dealkylation sites (tertiary alicyclic amines) is 1. The molecule has 2 N–H and O–H groups in total. The minimum atomic E-state index is 0.350. The zero-order valence-electron chi connectivity index (χ0n) is 20.2. The van der Waals surface area contributed by atoms with Gasteiger partial charge in [-0.1, -0.05) is 48.4 Å². The average Bonchev–Trinajstić information content (AvgIpc) is 3.35. The van der Waals surface area contributed by atoms with Gasteiger partial charge in [-0.25, -0.2) is 0 Å². The summed E-state index contributed by atoms with van der Waals surface area (Å²) in [5, 5.41) is 9.29. The Bertz CT molecular complexity index is 1070. The van der Waals surface area contributed by atoms with Gasteiger partial charge in [0.05, 0.1) is 5.52 Å². The second-order valence-corrected chi connectivity index (χ2v) is 9.92. The first-order valence-corrected chi connectivity index (χ1v) is 13.2. The van der Waals surface area contributed by atoms with Crippen molar-refractivity contribution in [2.24, 2.45) is 0 Å². The van der Waals surface area contributed by atoms with Crippen molar-refractivity contribution in [3.05, 3.63) is 102 Å². The number of anilines is 1. The van der Waals surface area contributed by atoms with Crippen LogP contribution < -0.4 is 10.6 Å². The molecule has 2 fully saturated rings. The summed E-state index contributed by atoms with van der Waals surface area (Å²) in [7, 11) is 0. The Hall–Kier alpha value is -2.14. The van der Waals surface area contributed by atoms with Gasteiger partial charge < -0.3 is 15.5 Å². The van der Waals surface area contributed by atoms with Crippen molar-refractivity contribution in [2.45, 2.75) is 31.7 Å². The molecule has 1 atom stereocenters. The molecule has 1 aliphatic carbocycles. The fourth-order valence-electron chi connectivity index (χ4n) is 5.11. The maximum atomic E-state index is 6.15. The topological polar surface area (TPSA) is 40.2 Å². The summed E-state index contributed by atoms with van der Waals surface area (Å²) in [4.78, 5) is 7.09. The van der Waals surface area contributed by atoms with Gasteiger partial charge in [0.15, 0.2) is 0 Å². The number of fused-ring (bicyclic) bond motifs is 1. The summed E-state index contributed by atoms with van der Waals surface area (Å²) in [5.74, 6) is 2.66. The standard InChI is InChI=1S/C30H34ClN4/c31-26-12-13-27-29(14-16-32-30(27)20-26)34-22-25-11-7-10-24(25)21-33-28(23-8-3-1-4-9-23)15-19-35-17-5-2-6-18-35/h1,3-4,7-14,16,20,28,33H,2,5-6,15,17-19,21-22H2,(H,32,34). The first-order chi connectivity index (χ1) is 17.3. The van der Waals surface area contributed by atoms with Crippen LogP contribution in [0.4, 0.5) is 5.69 Å². The third kappa shape index (κ3) is 6.55. The van der Waals surface area contributed by atoms with Gasteiger partial charge in [0.1, 0.15) is 0 Å². The van der Waals surface area contributed by atoms with Gasteiger partial charge in [-0.2, -0.15) is 0 Å². The largest absolute Gasteiger partial charge is 0.384 e. The van der Waals surface area contributed by atoms with E-state index in [0.29, 0.717) is 11.1 Å². The summed E-state index contributed by atoms with van der Waals surface area (Å²) >= 11 is 6.15. The molecule has 181 valence electrons. The number of piperidine rings is 1. The summed E-state index contributed by atoms with van der Waals surface area (Å²) in [6.45, 7) is 5.28. The molecule has 1 aliphatic heterocycles. The summed E-state index contributed by atoms with van der Waals surface area (Å²) in [5.41, 5.74) is 3.36. The molecule has 5 rings (SSSR count). The number of nitrogens with one attached hydrogen (secondary N) is 2. The minimum absolute atomic E-state index is 0.350. The predicted octanol–water partition coefficient (Wildman–Crippen LogP) is 6.28. The number of halogens is 1. The number of nitrogens with zero attached hydrogens (tertiary/aromatic N) is 2. The molecule has 0 bridgehead atoms. The highest BCUT2D eigenvalue weighted by Gasteiger charge is 2.30. The number of rotatable bonds is 10. The number of aromatic nitrogens is 1. The SMILES string of the molecule is Clc1ccc2c(NC[C]3[CH][CH][CH][C]3CNC(CCN3CCCCC3)c3ccccc3)ccnc2c1. The van der Waals surface area contributed by atoms with Crippen LogP contribution in [-0.2, 0) is 0 Å². The molecule has 1 saturated carbocycles. The van der Waals surface area contributed by atoms with E-state index in [4.69, 9.17) is 11.6 Å². The van der Waals surface area contributed by atoms with Gasteiger partial charge in [-0.05, 0) is 88.0 Å². The normalized spacial score (nSPS) is 18.8. The lowest BCUT2D eigenvalue weighted by Crippen LogP contribution is -2.35. The molecule has 0 spiro atoms. The molecule has 1 saturated heterocycles. The molecule has 2 heterocycles. The first-order valence-electron chi connectivity index (χ1n) is 12.8. The van der Waals surface area contributed by atoms with Crippen LogP contribution in [0.5, 0.6) is 0 Å². The van der Waals surface area contributed by atoms with Crippen molar-refractivity contribution < 1.29 is 0 Å². The van der Waals surface area contributed by atoms with Crippen LogP contribution in [0, 0.1) is 31.1 Å². The molecular formula is C30H34ClN4. The van der Waals surface area contributed by atoms with Crippen LogP contribution in [0.15, 0.2) is 60.8 Å². The molecule has 5 heteroatoms. The molecule has 1 aromatic heterocycles. The van der Waals surface area contributed by atoms with E-state index < -0.39 is 0 Å². The van der Waals surface area contributed by atoms with E-state index in [-0.39, 0.29) is 0 Å². The lowest BCUT2D eigenvalue weighted by Gasteiger charge is -2.29. The number of hydrogen-bond donors (Lipinski definition) is 2. The maximum Gasteiger partial charge on any atom is 0.0737 e. The Balaban J connectivity index is 1.19. The second kappa shape index (κ2) is 12.2. The lowest BCUT2D eigenvalue weighted by molar-refractivity contribution is 0.217. The van der Waals surface area contributed by atoms with E-state index in [1.807, 2.05) is 30.5 Å². The van der Waals surface area contributed by atoms with Gasteiger partial charge in [0.2, 0.25) is 0 Å². The van der Waals surface area contributed by atoms with Crippen molar-refractivity contribution in [1.82, 2.24) is 15.2 Å². The summed E-state index contributed by atoms with van der Waals surface area (Å²) in [6.07, 6.45) is 13.6. The Morgan fingerprint density at radius 1 is 0.914 bits per heavy atom. The van der Waals surface area contributed by atoms with Crippen molar-refractivity contribution in [3.8, 4) is 0 Å². The van der Waals surface area contributed by atoms with Gasteiger partial charge in [0, 0.05) is 53.3 Å². The average molecular weight is 486 g/mol. The molecule has 3 aromatic rings. The van der Waals surface area contributed by atoms with Crippen LogP contribution >= 0.6 is 11.6 Å². The Morgan fingerprint density at radius 3 is 2.54 bits per heavy atom. The number of pyridine rings is 1. The monoisotopic (exact) mass is 485 g/mol. The van der Waals surface area contributed by atoms with E-state index in [1.165, 1.54) is 49.8 Å². The highest BCUT2D eigenvalue weighted by atomic mass is 35.5. The van der Waals surface area contributed by atoms with Crippen molar-refractivity contribution >= 4 is 28.2 Å². The van der Waals surface area contributed by atoms with Crippen LogP contribution in [0.3, 0.4) is 0 Å². The van der Waals surface area contributed by atoms with E-state index in [1.54, 1.807) is 0 Å². The summed E-state index contributed by atoms with van der Waals surface area (Å²) in [6, 6.07) is 19.1. The third-order valence-electron chi connectivity index (χ3n) is 7.10. The molecule has 2 aliphatic rings. The number of hydrogen-bond acceptors (Lipinski definition) is 4. The molecule has 5 radical (unpaired) electrons. The fourth-order valence-corrected chi connectivity index (χ4v) is 5.27. The van der Waals surface area contributed by atoms with E-state index >= 15 is 0 Å². The Kier molecular flexibility index (Phi) is 8.56. The van der Waals surface area contributed by atoms with Crippen LogP contribution in [-0.4, -0.2) is 42.6 Å². The van der Waals surface area contributed by atoms with E-state index in [9.17, 15) is 0 Å². The molecule has 0 amide bonds. The van der Waals surface area contributed by atoms with Crippen LogP contribution in [0.1, 0.15) is 37.3 Å². The Morgan fingerprint density at radius 2 is 1.71 bits per heavy atom.